The van der Waals surface area contributed by atoms with Crippen molar-refractivity contribution in [2.24, 2.45) is 5.41 Å². The first-order chi connectivity index (χ1) is 13.4. The predicted molar refractivity (Wildman–Crippen MR) is 125 cm³/mol. The number of benzene rings is 3. The summed E-state index contributed by atoms with van der Waals surface area (Å²) >= 11 is 1.86. The fourth-order valence-electron chi connectivity index (χ4n) is 3.85. The molecule has 0 saturated carbocycles. The van der Waals surface area contributed by atoms with Crippen LogP contribution in [0.3, 0.4) is 0 Å². The molecule has 0 unspecified atom stereocenters. The molecule has 1 heterocycles. The fourth-order valence-corrected chi connectivity index (χ4v) is 4.94. The molecule has 0 atom stereocenters. The quantitative estimate of drug-likeness (QED) is 0.312. The molecule has 0 N–H and O–H groups in total. The van der Waals surface area contributed by atoms with Gasteiger partial charge in [-0.05, 0) is 53.7 Å². The normalized spacial score (nSPS) is 11.6. The van der Waals surface area contributed by atoms with Crippen LogP contribution in [0.15, 0.2) is 84.1 Å². The number of rotatable bonds is 3. The van der Waals surface area contributed by atoms with Crippen molar-refractivity contribution >= 4 is 37.1 Å². The van der Waals surface area contributed by atoms with Crippen LogP contribution in [-0.4, -0.2) is 0 Å². The minimum absolute atomic E-state index is 0.256. The lowest BCUT2D eigenvalue weighted by Crippen LogP contribution is -2.04. The first kappa shape index (κ1) is 18.7. The van der Waals surface area contributed by atoms with Crippen molar-refractivity contribution in [2.75, 3.05) is 0 Å². The molecular weight excluding hydrogens is 356 g/mol. The van der Waals surface area contributed by atoms with Crippen LogP contribution in [0.1, 0.15) is 45.2 Å². The molecule has 0 fully saturated rings. The van der Waals surface area contributed by atoms with E-state index in [9.17, 15) is 0 Å². The van der Waals surface area contributed by atoms with Gasteiger partial charge in [0.2, 0.25) is 0 Å². The Morgan fingerprint density at radius 2 is 1.46 bits per heavy atom. The van der Waals surface area contributed by atoms with Gasteiger partial charge in [-0.1, -0.05) is 75.4 Å². The Kier molecular flexibility index (Phi) is 4.98. The van der Waals surface area contributed by atoms with Crippen LogP contribution in [-0.2, 0) is 0 Å². The van der Waals surface area contributed by atoms with Crippen molar-refractivity contribution in [2.45, 2.75) is 34.1 Å². The summed E-state index contributed by atoms with van der Waals surface area (Å²) in [6, 6.07) is 26.2. The van der Waals surface area contributed by atoms with Crippen LogP contribution in [0, 0.1) is 5.41 Å². The van der Waals surface area contributed by atoms with Gasteiger partial charge >= 0.3 is 0 Å². The second kappa shape index (κ2) is 7.43. The van der Waals surface area contributed by atoms with Gasteiger partial charge in [0.05, 0.1) is 0 Å². The molecule has 0 radical (unpaired) electrons. The Labute approximate surface area is 171 Å². The number of hydrogen-bond acceptors (Lipinski definition) is 1. The molecule has 0 nitrogen and oxygen atoms in total. The first-order valence-electron chi connectivity index (χ1n) is 9.84. The van der Waals surface area contributed by atoms with E-state index in [0.29, 0.717) is 0 Å². The summed E-state index contributed by atoms with van der Waals surface area (Å²) in [5.74, 6) is 0. The third-order valence-corrected chi connectivity index (χ3v) is 6.01. The second-order valence-electron chi connectivity index (χ2n) is 8.69. The summed E-state index contributed by atoms with van der Waals surface area (Å²) in [6.45, 7) is 9.05. The van der Waals surface area contributed by atoms with Gasteiger partial charge in [0.1, 0.15) is 0 Å². The molecule has 28 heavy (non-hydrogen) atoms. The Hall–Kier alpha value is -2.60. The van der Waals surface area contributed by atoms with Gasteiger partial charge in [0.25, 0.3) is 0 Å². The lowest BCUT2D eigenvalue weighted by Gasteiger charge is -2.17. The van der Waals surface area contributed by atoms with Crippen molar-refractivity contribution in [3.05, 3.63) is 95.2 Å². The second-order valence-corrected chi connectivity index (χ2v) is 9.78. The summed E-state index contributed by atoms with van der Waals surface area (Å²) in [5, 5.41) is 2.67. The minimum Gasteiger partial charge on any atom is -0.135 e. The Morgan fingerprint density at radius 1 is 0.786 bits per heavy atom. The number of allylic oxidation sites excluding steroid dienone is 1. The maximum absolute atomic E-state index is 3.75. The fraction of sp³-hybridized carbons (Fsp3) is 0.222. The number of fused-ring (bicyclic) bond motifs is 3. The van der Waals surface area contributed by atoms with Gasteiger partial charge in [0.15, 0.2) is 0 Å². The molecule has 1 heteroatoms. The van der Waals surface area contributed by atoms with Crippen LogP contribution in [0.4, 0.5) is 0 Å². The molecule has 4 aromatic rings. The smallest absolute Gasteiger partial charge is 0.0355 e. The van der Waals surface area contributed by atoms with Crippen molar-refractivity contribution in [3.63, 3.8) is 0 Å². The van der Waals surface area contributed by atoms with E-state index in [4.69, 9.17) is 0 Å². The topological polar surface area (TPSA) is 0 Å². The van der Waals surface area contributed by atoms with Gasteiger partial charge in [-0.15, -0.1) is 17.1 Å². The van der Waals surface area contributed by atoms with Gasteiger partial charge in [-0.3, -0.25) is 0 Å². The SMILES string of the molecule is CC(=C=C(c1ccccc1)c1ccc2sc3ccccc3c2c1)CC(C)(C)C. The van der Waals surface area contributed by atoms with Crippen LogP contribution in [0.5, 0.6) is 0 Å². The molecular formula is C27H26S. The van der Waals surface area contributed by atoms with Crippen molar-refractivity contribution < 1.29 is 0 Å². The van der Waals surface area contributed by atoms with E-state index in [1.54, 1.807) is 0 Å². The van der Waals surface area contributed by atoms with E-state index in [0.717, 1.165) is 6.42 Å². The molecule has 0 bridgehead atoms. The molecule has 4 rings (SSSR count). The first-order valence-corrected chi connectivity index (χ1v) is 10.7. The van der Waals surface area contributed by atoms with Crippen molar-refractivity contribution in [1.82, 2.24) is 0 Å². The predicted octanol–water partition coefficient (Wildman–Crippen LogP) is 8.47. The lowest BCUT2D eigenvalue weighted by molar-refractivity contribution is 0.410. The number of thiophene rings is 1. The van der Waals surface area contributed by atoms with Gasteiger partial charge < -0.3 is 0 Å². The third-order valence-electron chi connectivity index (χ3n) is 4.86. The Morgan fingerprint density at radius 3 is 2.21 bits per heavy atom. The number of hydrogen-bond donors (Lipinski definition) is 0. The minimum atomic E-state index is 0.256. The largest absolute Gasteiger partial charge is 0.135 e. The van der Waals surface area contributed by atoms with Gasteiger partial charge in [0, 0.05) is 25.7 Å². The highest BCUT2D eigenvalue weighted by atomic mass is 32.1. The van der Waals surface area contributed by atoms with Crippen LogP contribution < -0.4 is 0 Å². The van der Waals surface area contributed by atoms with E-state index >= 15 is 0 Å². The van der Waals surface area contributed by atoms with Crippen LogP contribution in [0.25, 0.3) is 25.7 Å². The standard InChI is InChI=1S/C27H26S/c1-19(18-27(2,3)4)16-23(20-10-6-5-7-11-20)21-14-15-26-24(17-21)22-12-8-9-13-25(22)28-26/h5-15,17H,18H2,1-4H3. The summed E-state index contributed by atoms with van der Waals surface area (Å²) in [4.78, 5) is 0. The van der Waals surface area contributed by atoms with Crippen LogP contribution >= 0.6 is 11.3 Å². The summed E-state index contributed by atoms with van der Waals surface area (Å²) in [6.07, 6.45) is 1.03. The van der Waals surface area contributed by atoms with Crippen LogP contribution in [0.2, 0.25) is 0 Å². The van der Waals surface area contributed by atoms with Gasteiger partial charge in [-0.25, -0.2) is 0 Å². The summed E-state index contributed by atoms with van der Waals surface area (Å²) < 4.78 is 2.69. The molecule has 0 amide bonds. The van der Waals surface area contributed by atoms with E-state index in [2.05, 4.69) is 106 Å². The van der Waals surface area contributed by atoms with Gasteiger partial charge in [-0.2, -0.15) is 0 Å². The highest BCUT2D eigenvalue weighted by Crippen LogP contribution is 2.36. The maximum atomic E-state index is 3.75. The molecule has 0 saturated heterocycles. The molecule has 3 aromatic carbocycles. The third kappa shape index (κ3) is 3.97. The molecule has 0 spiro atoms. The van der Waals surface area contributed by atoms with Crippen molar-refractivity contribution in [1.29, 1.82) is 0 Å². The Balaban J connectivity index is 1.94. The maximum Gasteiger partial charge on any atom is 0.0355 e. The zero-order chi connectivity index (χ0) is 19.7. The van der Waals surface area contributed by atoms with E-state index in [1.807, 2.05) is 11.3 Å². The van der Waals surface area contributed by atoms with Crippen molar-refractivity contribution in [3.8, 4) is 0 Å². The summed E-state index contributed by atoms with van der Waals surface area (Å²) in [5.41, 5.74) is 8.93. The monoisotopic (exact) mass is 382 g/mol. The van der Waals surface area contributed by atoms with E-state index < -0.39 is 0 Å². The zero-order valence-corrected chi connectivity index (χ0v) is 17.9. The highest BCUT2D eigenvalue weighted by Gasteiger charge is 2.12. The molecule has 0 aliphatic rings. The summed E-state index contributed by atoms with van der Waals surface area (Å²) in [7, 11) is 0. The average molecular weight is 383 g/mol. The Bertz CT molecular complexity index is 1190. The highest BCUT2D eigenvalue weighted by molar-refractivity contribution is 7.25. The van der Waals surface area contributed by atoms with E-state index in [-0.39, 0.29) is 5.41 Å². The lowest BCUT2D eigenvalue weighted by atomic mass is 9.88. The molecule has 1 aromatic heterocycles. The molecule has 0 aliphatic heterocycles. The molecule has 0 aliphatic carbocycles. The average Bonchev–Trinajstić information content (AvgIpc) is 3.03. The zero-order valence-electron chi connectivity index (χ0n) is 17.0. The van der Waals surface area contributed by atoms with E-state index in [1.165, 1.54) is 42.4 Å². The molecule has 140 valence electrons.